The van der Waals surface area contributed by atoms with Gasteiger partial charge in [0.2, 0.25) is 0 Å². The molecule has 2 aromatic rings. The first-order chi connectivity index (χ1) is 7.76. The van der Waals surface area contributed by atoms with Gasteiger partial charge in [-0.1, -0.05) is 0 Å². The molecule has 1 aromatic heterocycles. The van der Waals surface area contributed by atoms with Crippen molar-refractivity contribution >= 4 is 16.7 Å². The number of hydrogen-bond acceptors (Lipinski definition) is 3. The van der Waals surface area contributed by atoms with Crippen LogP contribution in [0.3, 0.4) is 0 Å². The number of nitrogens with two attached hydrogens (primary N) is 1. The summed E-state index contributed by atoms with van der Waals surface area (Å²) >= 11 is 0. The number of aromatic amines is 1. The molecule has 0 bridgehead atoms. The minimum atomic E-state index is -0.0695. The van der Waals surface area contributed by atoms with E-state index in [2.05, 4.69) is 4.98 Å². The van der Waals surface area contributed by atoms with Crippen LogP contribution in [-0.4, -0.2) is 23.9 Å². The van der Waals surface area contributed by atoms with Crippen molar-refractivity contribution in [3.05, 3.63) is 30.0 Å². The van der Waals surface area contributed by atoms with Gasteiger partial charge in [-0.15, -0.1) is 0 Å². The standard InChI is InChI=1S/C12H14N2O2/c1-2-16-8-3-4-11-9(5-8)10(7-14-11)12(15)6-13/h3-5,7,14H,2,6,13H2,1H3. The van der Waals surface area contributed by atoms with Crippen molar-refractivity contribution in [1.82, 2.24) is 4.98 Å². The summed E-state index contributed by atoms with van der Waals surface area (Å²) in [7, 11) is 0. The Morgan fingerprint density at radius 3 is 3.00 bits per heavy atom. The summed E-state index contributed by atoms with van der Waals surface area (Å²) in [5, 5.41) is 0.862. The van der Waals surface area contributed by atoms with E-state index in [-0.39, 0.29) is 12.3 Å². The molecule has 1 aromatic carbocycles. The number of rotatable bonds is 4. The summed E-state index contributed by atoms with van der Waals surface area (Å²) in [5.74, 6) is 0.695. The molecule has 4 nitrogen and oxygen atoms in total. The Labute approximate surface area is 93.4 Å². The third-order valence-corrected chi connectivity index (χ3v) is 2.45. The van der Waals surface area contributed by atoms with E-state index < -0.39 is 0 Å². The van der Waals surface area contributed by atoms with Gasteiger partial charge in [0.15, 0.2) is 5.78 Å². The zero-order valence-electron chi connectivity index (χ0n) is 9.12. The van der Waals surface area contributed by atoms with Gasteiger partial charge in [0.25, 0.3) is 0 Å². The molecule has 4 heteroatoms. The summed E-state index contributed by atoms with van der Waals surface area (Å²) in [4.78, 5) is 14.6. The maximum absolute atomic E-state index is 11.6. The van der Waals surface area contributed by atoms with Crippen LogP contribution in [-0.2, 0) is 0 Å². The first kappa shape index (κ1) is 10.7. The number of benzene rings is 1. The number of H-pyrrole nitrogens is 1. The number of aromatic nitrogens is 1. The summed E-state index contributed by atoms with van der Waals surface area (Å²) < 4.78 is 5.40. The van der Waals surface area contributed by atoms with Crippen LogP contribution < -0.4 is 10.5 Å². The zero-order valence-corrected chi connectivity index (χ0v) is 9.12. The van der Waals surface area contributed by atoms with Crippen LogP contribution in [0.4, 0.5) is 0 Å². The van der Waals surface area contributed by atoms with Crippen molar-refractivity contribution < 1.29 is 9.53 Å². The van der Waals surface area contributed by atoms with E-state index in [0.29, 0.717) is 12.2 Å². The Balaban J connectivity index is 2.51. The summed E-state index contributed by atoms with van der Waals surface area (Å²) in [5.41, 5.74) is 6.90. The molecular formula is C12H14N2O2. The predicted octanol–water partition coefficient (Wildman–Crippen LogP) is 1.71. The second kappa shape index (κ2) is 4.37. The minimum absolute atomic E-state index is 0.0197. The number of hydrogen-bond donors (Lipinski definition) is 2. The minimum Gasteiger partial charge on any atom is -0.494 e. The maximum Gasteiger partial charge on any atom is 0.178 e. The topological polar surface area (TPSA) is 68.1 Å². The van der Waals surface area contributed by atoms with Crippen molar-refractivity contribution in [3.8, 4) is 5.75 Å². The number of carbonyl (C=O) groups excluding carboxylic acids is 1. The van der Waals surface area contributed by atoms with Crippen LogP contribution >= 0.6 is 0 Å². The molecule has 0 saturated carbocycles. The van der Waals surface area contributed by atoms with E-state index in [4.69, 9.17) is 10.5 Å². The lowest BCUT2D eigenvalue weighted by atomic mass is 10.1. The van der Waals surface area contributed by atoms with Crippen LogP contribution in [0, 0.1) is 0 Å². The lowest BCUT2D eigenvalue weighted by molar-refractivity contribution is 0.100. The normalized spacial score (nSPS) is 10.6. The highest BCUT2D eigenvalue weighted by molar-refractivity contribution is 6.08. The number of nitrogens with one attached hydrogen (secondary N) is 1. The van der Waals surface area contributed by atoms with E-state index in [0.717, 1.165) is 16.7 Å². The Morgan fingerprint density at radius 1 is 1.50 bits per heavy atom. The zero-order chi connectivity index (χ0) is 11.5. The van der Waals surface area contributed by atoms with E-state index >= 15 is 0 Å². The number of Topliss-reactive ketones (excluding diaryl/α,β-unsaturated/α-hetero) is 1. The second-order valence-corrected chi connectivity index (χ2v) is 3.47. The molecule has 0 aliphatic carbocycles. The van der Waals surface area contributed by atoms with E-state index in [1.807, 2.05) is 25.1 Å². The molecule has 0 spiro atoms. The summed E-state index contributed by atoms with van der Waals surface area (Å²) in [6.45, 7) is 2.55. The van der Waals surface area contributed by atoms with Crippen LogP contribution in [0.2, 0.25) is 0 Å². The Hall–Kier alpha value is -1.81. The highest BCUT2D eigenvalue weighted by Gasteiger charge is 2.10. The first-order valence-electron chi connectivity index (χ1n) is 5.23. The van der Waals surface area contributed by atoms with Crippen molar-refractivity contribution in [2.45, 2.75) is 6.92 Å². The fraction of sp³-hybridized carbons (Fsp3) is 0.250. The smallest absolute Gasteiger partial charge is 0.178 e. The van der Waals surface area contributed by atoms with Crippen LogP contribution in [0.5, 0.6) is 5.75 Å². The molecule has 0 amide bonds. The van der Waals surface area contributed by atoms with E-state index in [1.165, 1.54) is 0 Å². The summed E-state index contributed by atoms with van der Waals surface area (Å²) in [6, 6.07) is 5.63. The molecule has 0 fully saturated rings. The predicted molar refractivity (Wildman–Crippen MR) is 62.9 cm³/mol. The molecule has 1 heterocycles. The molecule has 16 heavy (non-hydrogen) atoms. The highest BCUT2D eigenvalue weighted by atomic mass is 16.5. The average Bonchev–Trinajstić information content (AvgIpc) is 2.71. The molecule has 3 N–H and O–H groups in total. The molecule has 2 rings (SSSR count). The number of ketones is 1. The fourth-order valence-electron chi connectivity index (χ4n) is 1.70. The third-order valence-electron chi connectivity index (χ3n) is 2.45. The van der Waals surface area contributed by atoms with Gasteiger partial charge in [0.1, 0.15) is 5.75 Å². The molecular weight excluding hydrogens is 204 g/mol. The van der Waals surface area contributed by atoms with Gasteiger partial charge >= 0.3 is 0 Å². The molecule has 0 aliphatic rings. The number of fused-ring (bicyclic) bond motifs is 1. The van der Waals surface area contributed by atoms with Crippen molar-refractivity contribution in [2.24, 2.45) is 5.73 Å². The molecule has 0 unspecified atom stereocenters. The maximum atomic E-state index is 11.6. The quantitative estimate of drug-likeness (QED) is 0.767. The first-order valence-corrected chi connectivity index (χ1v) is 5.23. The highest BCUT2D eigenvalue weighted by Crippen LogP contribution is 2.23. The van der Waals surface area contributed by atoms with Gasteiger partial charge in [-0.05, 0) is 25.1 Å². The van der Waals surface area contributed by atoms with Gasteiger partial charge in [-0.2, -0.15) is 0 Å². The lowest BCUT2D eigenvalue weighted by Gasteiger charge is -2.03. The Bertz CT molecular complexity index is 517. The van der Waals surface area contributed by atoms with Crippen molar-refractivity contribution in [2.75, 3.05) is 13.2 Å². The second-order valence-electron chi connectivity index (χ2n) is 3.47. The average molecular weight is 218 g/mol. The monoisotopic (exact) mass is 218 g/mol. The Kier molecular flexibility index (Phi) is 2.92. The fourth-order valence-corrected chi connectivity index (χ4v) is 1.70. The molecule has 0 saturated heterocycles. The van der Waals surface area contributed by atoms with Crippen LogP contribution in [0.15, 0.2) is 24.4 Å². The largest absolute Gasteiger partial charge is 0.494 e. The van der Waals surface area contributed by atoms with Gasteiger partial charge in [0, 0.05) is 22.7 Å². The van der Waals surface area contributed by atoms with Crippen LogP contribution in [0.25, 0.3) is 10.9 Å². The van der Waals surface area contributed by atoms with E-state index in [9.17, 15) is 4.79 Å². The van der Waals surface area contributed by atoms with Gasteiger partial charge in [-0.25, -0.2) is 0 Å². The molecule has 0 radical (unpaired) electrons. The molecule has 0 aliphatic heterocycles. The van der Waals surface area contributed by atoms with Crippen molar-refractivity contribution in [3.63, 3.8) is 0 Å². The SMILES string of the molecule is CCOc1ccc2[nH]cc(C(=O)CN)c2c1. The third kappa shape index (κ3) is 1.79. The number of ether oxygens (including phenoxy) is 1. The molecule has 84 valence electrons. The number of carbonyl (C=O) groups is 1. The Morgan fingerprint density at radius 2 is 2.31 bits per heavy atom. The van der Waals surface area contributed by atoms with E-state index in [1.54, 1.807) is 6.20 Å². The van der Waals surface area contributed by atoms with Gasteiger partial charge in [-0.3, -0.25) is 4.79 Å². The van der Waals surface area contributed by atoms with Crippen LogP contribution in [0.1, 0.15) is 17.3 Å². The van der Waals surface area contributed by atoms with Gasteiger partial charge < -0.3 is 15.5 Å². The molecule has 0 atom stereocenters. The summed E-state index contributed by atoms with van der Waals surface area (Å²) in [6.07, 6.45) is 1.69. The van der Waals surface area contributed by atoms with Gasteiger partial charge in [0.05, 0.1) is 13.2 Å². The lowest BCUT2D eigenvalue weighted by Crippen LogP contribution is -2.12. The van der Waals surface area contributed by atoms with Crippen molar-refractivity contribution in [1.29, 1.82) is 0 Å².